The quantitative estimate of drug-likeness (QED) is 0.893. The molecule has 3 atom stereocenters. The molecule has 1 heterocycles. The molecule has 0 aliphatic carbocycles. The van der Waals surface area contributed by atoms with Crippen molar-refractivity contribution in [3.63, 3.8) is 0 Å². The standard InChI is InChI=1S/C17H27ClN2/c1-5-9-19-16-8-10-20(14(4)13(16)3)17-11-15(18)7-6-12(17)2/h6-7,11,13-14,16,19H,5,8-10H2,1-4H3. The maximum absolute atomic E-state index is 6.18. The van der Waals surface area contributed by atoms with Gasteiger partial charge in [-0.2, -0.15) is 0 Å². The van der Waals surface area contributed by atoms with Gasteiger partial charge in [0, 0.05) is 29.3 Å². The number of halogens is 1. The van der Waals surface area contributed by atoms with E-state index in [1.165, 1.54) is 24.1 Å². The van der Waals surface area contributed by atoms with Crippen molar-refractivity contribution in [2.24, 2.45) is 5.92 Å². The Kier molecular flexibility index (Phi) is 5.34. The van der Waals surface area contributed by atoms with Crippen molar-refractivity contribution in [2.45, 2.75) is 52.6 Å². The molecule has 0 bridgehead atoms. The van der Waals surface area contributed by atoms with Crippen molar-refractivity contribution in [1.82, 2.24) is 5.32 Å². The lowest BCUT2D eigenvalue weighted by molar-refractivity contribution is 0.271. The largest absolute Gasteiger partial charge is 0.368 e. The third-order valence-corrected chi connectivity index (χ3v) is 4.94. The minimum atomic E-state index is 0.537. The third-order valence-electron chi connectivity index (χ3n) is 4.71. The highest BCUT2D eigenvalue weighted by Gasteiger charge is 2.32. The van der Waals surface area contributed by atoms with Gasteiger partial charge in [-0.1, -0.05) is 31.5 Å². The van der Waals surface area contributed by atoms with Gasteiger partial charge in [-0.15, -0.1) is 0 Å². The molecule has 0 saturated carbocycles. The predicted molar refractivity (Wildman–Crippen MR) is 88.9 cm³/mol. The van der Waals surface area contributed by atoms with Gasteiger partial charge < -0.3 is 10.2 Å². The maximum atomic E-state index is 6.18. The van der Waals surface area contributed by atoms with Crippen LogP contribution in [0.1, 0.15) is 39.2 Å². The number of rotatable bonds is 4. The van der Waals surface area contributed by atoms with E-state index in [0.29, 0.717) is 18.0 Å². The number of hydrogen-bond donors (Lipinski definition) is 1. The molecule has 3 unspecified atom stereocenters. The van der Waals surface area contributed by atoms with Crippen LogP contribution >= 0.6 is 11.6 Å². The molecule has 0 radical (unpaired) electrons. The lowest BCUT2D eigenvalue weighted by Gasteiger charge is -2.45. The van der Waals surface area contributed by atoms with Crippen molar-refractivity contribution in [2.75, 3.05) is 18.0 Å². The molecule has 1 fully saturated rings. The number of anilines is 1. The van der Waals surface area contributed by atoms with Crippen LogP contribution in [0.15, 0.2) is 18.2 Å². The second kappa shape index (κ2) is 6.82. The second-order valence-electron chi connectivity index (χ2n) is 6.07. The van der Waals surface area contributed by atoms with Crippen LogP contribution in [0, 0.1) is 12.8 Å². The summed E-state index contributed by atoms with van der Waals surface area (Å²) in [5.74, 6) is 0.647. The summed E-state index contributed by atoms with van der Waals surface area (Å²) in [6.45, 7) is 11.3. The molecule has 1 aromatic carbocycles. The van der Waals surface area contributed by atoms with Crippen LogP contribution in [-0.2, 0) is 0 Å². The summed E-state index contributed by atoms with van der Waals surface area (Å²) in [7, 11) is 0. The summed E-state index contributed by atoms with van der Waals surface area (Å²) in [4.78, 5) is 2.52. The van der Waals surface area contributed by atoms with E-state index < -0.39 is 0 Å². The Morgan fingerprint density at radius 2 is 2.10 bits per heavy atom. The lowest BCUT2D eigenvalue weighted by atomic mass is 9.86. The molecule has 0 spiro atoms. The van der Waals surface area contributed by atoms with Gasteiger partial charge in [0.05, 0.1) is 0 Å². The highest BCUT2D eigenvalue weighted by atomic mass is 35.5. The van der Waals surface area contributed by atoms with E-state index >= 15 is 0 Å². The van der Waals surface area contributed by atoms with Crippen LogP contribution in [0.25, 0.3) is 0 Å². The van der Waals surface area contributed by atoms with E-state index in [0.717, 1.165) is 18.1 Å². The van der Waals surface area contributed by atoms with E-state index in [4.69, 9.17) is 11.6 Å². The van der Waals surface area contributed by atoms with Crippen LogP contribution in [0.5, 0.6) is 0 Å². The highest BCUT2D eigenvalue weighted by molar-refractivity contribution is 6.30. The normalized spacial score (nSPS) is 26.9. The fraction of sp³-hybridized carbons (Fsp3) is 0.647. The van der Waals surface area contributed by atoms with Gasteiger partial charge in [0.2, 0.25) is 0 Å². The van der Waals surface area contributed by atoms with Gasteiger partial charge in [0.25, 0.3) is 0 Å². The second-order valence-corrected chi connectivity index (χ2v) is 6.51. The summed E-state index contributed by atoms with van der Waals surface area (Å²) in [5.41, 5.74) is 2.61. The average Bonchev–Trinajstić information content (AvgIpc) is 2.43. The molecular formula is C17H27ClN2. The molecule has 2 nitrogen and oxygen atoms in total. The Balaban J connectivity index is 2.13. The van der Waals surface area contributed by atoms with E-state index in [2.05, 4.69) is 50.0 Å². The van der Waals surface area contributed by atoms with Gasteiger partial charge in [-0.3, -0.25) is 0 Å². The first kappa shape index (κ1) is 15.7. The van der Waals surface area contributed by atoms with Crippen molar-refractivity contribution in [3.05, 3.63) is 28.8 Å². The van der Waals surface area contributed by atoms with Crippen molar-refractivity contribution < 1.29 is 0 Å². The molecule has 112 valence electrons. The zero-order valence-corrected chi connectivity index (χ0v) is 13.9. The van der Waals surface area contributed by atoms with Gasteiger partial charge in [0.15, 0.2) is 0 Å². The van der Waals surface area contributed by atoms with Crippen molar-refractivity contribution >= 4 is 17.3 Å². The van der Waals surface area contributed by atoms with Crippen LogP contribution in [0.2, 0.25) is 5.02 Å². The Bertz CT molecular complexity index is 447. The molecule has 2 rings (SSSR count). The molecule has 1 aromatic rings. The average molecular weight is 295 g/mol. The van der Waals surface area contributed by atoms with Gasteiger partial charge in [-0.05, 0) is 56.8 Å². The molecule has 3 heteroatoms. The van der Waals surface area contributed by atoms with E-state index in [-0.39, 0.29) is 0 Å². The topological polar surface area (TPSA) is 15.3 Å². The summed E-state index contributed by atoms with van der Waals surface area (Å²) in [6, 6.07) is 7.39. The smallest absolute Gasteiger partial charge is 0.0426 e. The number of piperidine rings is 1. The van der Waals surface area contributed by atoms with Gasteiger partial charge in [0.1, 0.15) is 0 Å². The first-order valence-corrected chi connectivity index (χ1v) is 8.18. The van der Waals surface area contributed by atoms with Gasteiger partial charge in [-0.25, -0.2) is 0 Å². The minimum absolute atomic E-state index is 0.537. The number of aryl methyl sites for hydroxylation is 1. The van der Waals surface area contributed by atoms with E-state index in [1.54, 1.807) is 0 Å². The molecule has 1 aliphatic heterocycles. The zero-order chi connectivity index (χ0) is 14.7. The number of benzene rings is 1. The minimum Gasteiger partial charge on any atom is -0.368 e. The third kappa shape index (κ3) is 3.29. The fourth-order valence-electron chi connectivity index (χ4n) is 3.21. The molecule has 0 amide bonds. The number of nitrogens with zero attached hydrogens (tertiary/aromatic N) is 1. The first-order valence-electron chi connectivity index (χ1n) is 7.80. The van der Waals surface area contributed by atoms with Crippen LogP contribution in [0.3, 0.4) is 0 Å². The molecule has 20 heavy (non-hydrogen) atoms. The SMILES string of the molecule is CCCNC1CCN(c2cc(Cl)ccc2C)C(C)C1C. The summed E-state index contributed by atoms with van der Waals surface area (Å²) in [5, 5.41) is 4.53. The molecule has 1 saturated heterocycles. The molecular weight excluding hydrogens is 268 g/mol. The monoisotopic (exact) mass is 294 g/mol. The Morgan fingerprint density at radius 3 is 2.80 bits per heavy atom. The Labute approximate surface area is 128 Å². The Morgan fingerprint density at radius 1 is 1.35 bits per heavy atom. The summed E-state index contributed by atoms with van der Waals surface area (Å²) >= 11 is 6.18. The first-order chi connectivity index (χ1) is 9.54. The number of hydrogen-bond acceptors (Lipinski definition) is 2. The predicted octanol–water partition coefficient (Wildman–Crippen LogP) is 4.25. The van der Waals surface area contributed by atoms with Gasteiger partial charge >= 0.3 is 0 Å². The number of nitrogens with one attached hydrogen (secondary N) is 1. The van der Waals surface area contributed by atoms with Crippen LogP contribution in [-0.4, -0.2) is 25.2 Å². The van der Waals surface area contributed by atoms with Crippen molar-refractivity contribution in [1.29, 1.82) is 0 Å². The summed E-state index contributed by atoms with van der Waals surface area (Å²) < 4.78 is 0. The maximum Gasteiger partial charge on any atom is 0.0426 e. The summed E-state index contributed by atoms with van der Waals surface area (Å²) in [6.07, 6.45) is 2.41. The fourth-order valence-corrected chi connectivity index (χ4v) is 3.38. The molecule has 1 N–H and O–H groups in total. The van der Waals surface area contributed by atoms with E-state index in [9.17, 15) is 0 Å². The van der Waals surface area contributed by atoms with Crippen LogP contribution in [0.4, 0.5) is 5.69 Å². The zero-order valence-electron chi connectivity index (χ0n) is 13.1. The Hall–Kier alpha value is -0.730. The molecule has 1 aliphatic rings. The lowest BCUT2D eigenvalue weighted by Crippen LogP contribution is -2.53. The van der Waals surface area contributed by atoms with Crippen molar-refractivity contribution in [3.8, 4) is 0 Å². The highest BCUT2D eigenvalue weighted by Crippen LogP contribution is 2.32. The van der Waals surface area contributed by atoms with E-state index in [1.807, 2.05) is 6.07 Å². The van der Waals surface area contributed by atoms with Crippen LogP contribution < -0.4 is 10.2 Å². The molecule has 0 aromatic heterocycles.